The van der Waals surface area contributed by atoms with E-state index in [0.29, 0.717) is 5.56 Å². The molecule has 0 radical (unpaired) electrons. The number of aryl methyl sites for hydroxylation is 1. The smallest absolute Gasteiger partial charge is 0.0991 e. The molecule has 0 saturated heterocycles. The third kappa shape index (κ3) is 2.06. The van der Waals surface area contributed by atoms with Crippen molar-refractivity contribution in [2.75, 3.05) is 0 Å². The predicted molar refractivity (Wildman–Crippen MR) is 64.0 cm³/mol. The van der Waals surface area contributed by atoms with Gasteiger partial charge in [0.15, 0.2) is 0 Å². The van der Waals surface area contributed by atoms with Crippen molar-refractivity contribution >= 4 is 10.9 Å². The summed E-state index contributed by atoms with van der Waals surface area (Å²) < 4.78 is 2.02. The van der Waals surface area contributed by atoms with Crippen LogP contribution < -0.4 is 0 Å². The fourth-order valence-electron chi connectivity index (χ4n) is 1.85. The van der Waals surface area contributed by atoms with Gasteiger partial charge in [-0.2, -0.15) is 10.4 Å². The van der Waals surface area contributed by atoms with Crippen LogP contribution in [0, 0.1) is 11.3 Å². The van der Waals surface area contributed by atoms with E-state index in [9.17, 15) is 0 Å². The van der Waals surface area contributed by atoms with Crippen LogP contribution in [0.2, 0.25) is 0 Å². The van der Waals surface area contributed by atoms with E-state index in [1.807, 2.05) is 29.1 Å². The van der Waals surface area contributed by atoms with Gasteiger partial charge in [-0.25, -0.2) is 0 Å². The van der Waals surface area contributed by atoms with Gasteiger partial charge in [-0.3, -0.25) is 4.68 Å². The van der Waals surface area contributed by atoms with Gasteiger partial charge in [0.2, 0.25) is 0 Å². The summed E-state index contributed by atoms with van der Waals surface area (Å²) in [4.78, 5) is 0. The number of rotatable bonds is 4. The van der Waals surface area contributed by atoms with Crippen molar-refractivity contribution in [3.8, 4) is 6.07 Å². The highest BCUT2D eigenvalue weighted by atomic mass is 15.3. The zero-order chi connectivity index (χ0) is 11.4. The average molecular weight is 213 g/mol. The third-order valence-corrected chi connectivity index (χ3v) is 2.74. The number of hydrogen-bond acceptors (Lipinski definition) is 2. The zero-order valence-corrected chi connectivity index (χ0v) is 9.48. The van der Waals surface area contributed by atoms with Gasteiger partial charge in [0, 0.05) is 11.9 Å². The molecular formula is C13H15N3. The van der Waals surface area contributed by atoms with Gasteiger partial charge in [0.25, 0.3) is 0 Å². The van der Waals surface area contributed by atoms with E-state index < -0.39 is 0 Å². The summed E-state index contributed by atoms with van der Waals surface area (Å²) in [6.07, 6.45) is 5.45. The Labute approximate surface area is 95.3 Å². The SMILES string of the molecule is CCCCCn1ncc2cc(C#N)ccc21. The molecule has 0 atom stereocenters. The molecule has 82 valence electrons. The Morgan fingerprint density at radius 2 is 2.25 bits per heavy atom. The molecule has 1 aromatic heterocycles. The Hall–Kier alpha value is -1.82. The van der Waals surface area contributed by atoms with E-state index in [2.05, 4.69) is 18.1 Å². The highest BCUT2D eigenvalue weighted by Crippen LogP contribution is 2.16. The summed E-state index contributed by atoms with van der Waals surface area (Å²) in [5.41, 5.74) is 1.82. The number of hydrogen-bond donors (Lipinski definition) is 0. The second kappa shape index (κ2) is 4.80. The first-order valence-corrected chi connectivity index (χ1v) is 5.71. The molecule has 3 nitrogen and oxygen atoms in total. The first kappa shape index (κ1) is 10.7. The lowest BCUT2D eigenvalue weighted by atomic mass is 10.2. The van der Waals surface area contributed by atoms with Crippen molar-refractivity contribution in [1.82, 2.24) is 9.78 Å². The molecular weight excluding hydrogens is 198 g/mol. The molecule has 0 N–H and O–H groups in total. The van der Waals surface area contributed by atoms with Crippen LogP contribution in [0.15, 0.2) is 24.4 Å². The molecule has 0 saturated carbocycles. The van der Waals surface area contributed by atoms with Crippen LogP contribution in [0.5, 0.6) is 0 Å². The average Bonchev–Trinajstić information content (AvgIpc) is 2.72. The molecule has 0 aliphatic heterocycles. The molecule has 2 aromatic rings. The number of fused-ring (bicyclic) bond motifs is 1. The zero-order valence-electron chi connectivity index (χ0n) is 9.48. The number of nitriles is 1. The van der Waals surface area contributed by atoms with Crippen molar-refractivity contribution in [2.45, 2.75) is 32.7 Å². The van der Waals surface area contributed by atoms with Gasteiger partial charge in [-0.05, 0) is 24.6 Å². The maximum absolute atomic E-state index is 8.80. The van der Waals surface area contributed by atoms with E-state index in [1.165, 1.54) is 12.8 Å². The lowest BCUT2D eigenvalue weighted by molar-refractivity contribution is 0.567. The minimum atomic E-state index is 0.695. The second-order valence-electron chi connectivity index (χ2n) is 3.96. The highest BCUT2D eigenvalue weighted by molar-refractivity contribution is 5.80. The van der Waals surface area contributed by atoms with Crippen molar-refractivity contribution in [2.24, 2.45) is 0 Å². The summed E-state index contributed by atoms with van der Waals surface area (Å²) in [5, 5.41) is 14.2. The molecule has 2 rings (SSSR count). The highest BCUT2D eigenvalue weighted by Gasteiger charge is 2.02. The summed E-state index contributed by atoms with van der Waals surface area (Å²) in [7, 11) is 0. The molecule has 1 heterocycles. The molecule has 0 aliphatic carbocycles. The Morgan fingerprint density at radius 3 is 3.00 bits per heavy atom. The van der Waals surface area contributed by atoms with Crippen molar-refractivity contribution in [1.29, 1.82) is 5.26 Å². The molecule has 0 bridgehead atoms. The van der Waals surface area contributed by atoms with E-state index in [-0.39, 0.29) is 0 Å². The van der Waals surface area contributed by atoms with Gasteiger partial charge in [0.1, 0.15) is 0 Å². The standard InChI is InChI=1S/C13H15N3/c1-2-3-4-7-16-13-6-5-11(9-14)8-12(13)10-15-16/h5-6,8,10H,2-4,7H2,1H3. The van der Waals surface area contributed by atoms with Crippen molar-refractivity contribution < 1.29 is 0 Å². The number of benzene rings is 1. The summed E-state index contributed by atoms with van der Waals surface area (Å²) in [6.45, 7) is 3.16. The minimum Gasteiger partial charge on any atom is -0.265 e. The molecule has 0 spiro atoms. The quantitative estimate of drug-likeness (QED) is 0.732. The molecule has 0 amide bonds. The first-order chi connectivity index (χ1) is 7.85. The minimum absolute atomic E-state index is 0.695. The molecule has 0 unspecified atom stereocenters. The predicted octanol–water partition coefficient (Wildman–Crippen LogP) is 3.10. The molecule has 1 aromatic carbocycles. The Bertz CT molecular complexity index is 519. The van der Waals surface area contributed by atoms with Crippen LogP contribution in [-0.2, 0) is 6.54 Å². The molecule has 3 heteroatoms. The third-order valence-electron chi connectivity index (χ3n) is 2.74. The Kier molecular flexibility index (Phi) is 3.21. The number of unbranched alkanes of at least 4 members (excludes halogenated alkanes) is 2. The van der Waals surface area contributed by atoms with E-state index in [0.717, 1.165) is 23.9 Å². The maximum Gasteiger partial charge on any atom is 0.0991 e. The van der Waals surface area contributed by atoms with Gasteiger partial charge < -0.3 is 0 Å². The van der Waals surface area contributed by atoms with Crippen molar-refractivity contribution in [3.63, 3.8) is 0 Å². The van der Waals surface area contributed by atoms with Crippen LogP contribution in [0.4, 0.5) is 0 Å². The largest absolute Gasteiger partial charge is 0.265 e. The number of nitrogens with zero attached hydrogens (tertiary/aromatic N) is 3. The van der Waals surface area contributed by atoms with E-state index in [1.54, 1.807) is 0 Å². The lowest BCUT2D eigenvalue weighted by Crippen LogP contribution is -1.99. The van der Waals surface area contributed by atoms with E-state index in [4.69, 9.17) is 5.26 Å². The second-order valence-corrected chi connectivity index (χ2v) is 3.96. The number of aromatic nitrogens is 2. The molecule has 0 fully saturated rings. The Morgan fingerprint density at radius 1 is 1.38 bits per heavy atom. The monoisotopic (exact) mass is 213 g/mol. The normalized spacial score (nSPS) is 10.5. The van der Waals surface area contributed by atoms with Crippen LogP contribution in [0.25, 0.3) is 10.9 Å². The van der Waals surface area contributed by atoms with Crippen LogP contribution in [-0.4, -0.2) is 9.78 Å². The summed E-state index contributed by atoms with van der Waals surface area (Å²) in [5.74, 6) is 0. The molecule has 16 heavy (non-hydrogen) atoms. The lowest BCUT2D eigenvalue weighted by Gasteiger charge is -2.02. The van der Waals surface area contributed by atoms with Crippen LogP contribution >= 0.6 is 0 Å². The first-order valence-electron chi connectivity index (χ1n) is 5.71. The fourth-order valence-corrected chi connectivity index (χ4v) is 1.85. The van der Waals surface area contributed by atoms with Gasteiger partial charge >= 0.3 is 0 Å². The maximum atomic E-state index is 8.80. The van der Waals surface area contributed by atoms with Crippen LogP contribution in [0.1, 0.15) is 31.7 Å². The van der Waals surface area contributed by atoms with Crippen LogP contribution in [0.3, 0.4) is 0 Å². The summed E-state index contributed by atoms with van der Waals surface area (Å²) in [6, 6.07) is 7.86. The van der Waals surface area contributed by atoms with E-state index >= 15 is 0 Å². The van der Waals surface area contributed by atoms with Gasteiger partial charge in [-0.15, -0.1) is 0 Å². The molecule has 0 aliphatic rings. The van der Waals surface area contributed by atoms with Gasteiger partial charge in [0.05, 0.1) is 23.3 Å². The topological polar surface area (TPSA) is 41.6 Å². The van der Waals surface area contributed by atoms with Crippen molar-refractivity contribution in [3.05, 3.63) is 30.0 Å². The fraction of sp³-hybridized carbons (Fsp3) is 0.385. The summed E-state index contributed by atoms with van der Waals surface area (Å²) >= 11 is 0. The van der Waals surface area contributed by atoms with Gasteiger partial charge in [-0.1, -0.05) is 19.8 Å². The Balaban J connectivity index is 2.25.